The van der Waals surface area contributed by atoms with E-state index in [0.717, 1.165) is 11.3 Å². The van der Waals surface area contributed by atoms with Crippen molar-refractivity contribution in [2.45, 2.75) is 20.3 Å². The third-order valence-electron chi connectivity index (χ3n) is 2.89. The summed E-state index contributed by atoms with van der Waals surface area (Å²) in [5, 5.41) is 3.74. The highest BCUT2D eigenvalue weighted by molar-refractivity contribution is 7.16. The van der Waals surface area contributed by atoms with Gasteiger partial charge in [0.2, 0.25) is 0 Å². The van der Waals surface area contributed by atoms with Gasteiger partial charge in [0.15, 0.2) is 0 Å². The number of carbonyl (C=O) groups is 1. The fourth-order valence-corrected chi connectivity index (χ4v) is 2.84. The molecule has 0 radical (unpaired) electrons. The van der Waals surface area contributed by atoms with Gasteiger partial charge in [0.1, 0.15) is 10.8 Å². The largest absolute Gasteiger partial charge is 0.462 e. The van der Waals surface area contributed by atoms with Crippen molar-refractivity contribution in [1.29, 1.82) is 0 Å². The number of hydrogen-bond donors (Lipinski definition) is 2. The molecule has 0 spiro atoms. The number of esters is 1. The molecule has 0 saturated carbocycles. The monoisotopic (exact) mass is 308 g/mol. The molecule has 0 aliphatic rings. The molecule has 0 fully saturated rings. The van der Waals surface area contributed by atoms with E-state index in [-0.39, 0.29) is 11.7 Å². The van der Waals surface area contributed by atoms with Crippen LogP contribution in [0.4, 0.5) is 20.8 Å². The number of anilines is 3. The van der Waals surface area contributed by atoms with Gasteiger partial charge >= 0.3 is 5.97 Å². The number of halogens is 1. The van der Waals surface area contributed by atoms with Crippen molar-refractivity contribution >= 4 is 33.7 Å². The van der Waals surface area contributed by atoms with E-state index in [1.807, 2.05) is 13.0 Å². The van der Waals surface area contributed by atoms with Gasteiger partial charge in [-0.3, -0.25) is 0 Å². The van der Waals surface area contributed by atoms with E-state index < -0.39 is 5.82 Å². The quantitative estimate of drug-likeness (QED) is 0.648. The minimum Gasteiger partial charge on any atom is -0.462 e. The molecule has 0 unspecified atom stereocenters. The third-order valence-corrected chi connectivity index (χ3v) is 4.08. The smallest absolute Gasteiger partial charge is 0.341 e. The van der Waals surface area contributed by atoms with Crippen LogP contribution in [0.1, 0.15) is 29.1 Å². The molecule has 2 aromatic rings. The molecule has 0 saturated heterocycles. The van der Waals surface area contributed by atoms with E-state index in [2.05, 4.69) is 5.32 Å². The average molecular weight is 308 g/mol. The van der Waals surface area contributed by atoms with Crippen LogP contribution < -0.4 is 11.1 Å². The van der Waals surface area contributed by atoms with E-state index in [4.69, 9.17) is 10.5 Å². The molecule has 2 rings (SSSR count). The summed E-state index contributed by atoms with van der Waals surface area (Å²) in [6.45, 7) is 4.08. The van der Waals surface area contributed by atoms with E-state index >= 15 is 0 Å². The summed E-state index contributed by atoms with van der Waals surface area (Å²) >= 11 is 1.46. The SMILES string of the molecule is CCOC(=O)c1cc(CC)sc1Nc1ccc(F)cc1N. The van der Waals surface area contributed by atoms with E-state index in [1.165, 1.54) is 23.5 Å². The van der Waals surface area contributed by atoms with E-state index in [0.29, 0.717) is 22.9 Å². The zero-order chi connectivity index (χ0) is 15.4. The Hall–Kier alpha value is -2.08. The fourth-order valence-electron chi connectivity index (χ4n) is 1.84. The van der Waals surface area contributed by atoms with Gasteiger partial charge < -0.3 is 15.8 Å². The summed E-state index contributed by atoms with van der Waals surface area (Å²) < 4.78 is 18.1. The van der Waals surface area contributed by atoms with E-state index in [9.17, 15) is 9.18 Å². The standard InChI is InChI=1S/C15H17FN2O2S/c1-3-10-8-11(15(19)20-4-2)14(21-10)18-13-6-5-9(16)7-12(13)17/h5-8,18H,3-4,17H2,1-2H3. The number of nitrogen functional groups attached to an aromatic ring is 1. The molecular formula is C15H17FN2O2S. The second-order valence-electron chi connectivity index (χ2n) is 4.39. The number of hydrogen-bond acceptors (Lipinski definition) is 5. The molecule has 3 N–H and O–H groups in total. The molecule has 4 nitrogen and oxygen atoms in total. The molecule has 0 atom stereocenters. The Morgan fingerprint density at radius 1 is 1.38 bits per heavy atom. The first-order valence-corrected chi connectivity index (χ1v) is 7.48. The molecule has 0 bridgehead atoms. The van der Waals surface area contributed by atoms with Crippen LogP contribution in [0.5, 0.6) is 0 Å². The molecule has 0 amide bonds. The Kier molecular flexibility index (Phi) is 4.80. The van der Waals surface area contributed by atoms with Crippen LogP contribution in [0.15, 0.2) is 24.3 Å². The normalized spacial score (nSPS) is 10.4. The summed E-state index contributed by atoms with van der Waals surface area (Å²) in [4.78, 5) is 13.0. The van der Waals surface area contributed by atoms with Gasteiger partial charge in [-0.15, -0.1) is 11.3 Å². The second kappa shape index (κ2) is 6.58. The van der Waals surface area contributed by atoms with Crippen molar-refractivity contribution in [3.63, 3.8) is 0 Å². The Morgan fingerprint density at radius 2 is 2.14 bits per heavy atom. The highest BCUT2D eigenvalue weighted by Gasteiger charge is 2.17. The molecule has 112 valence electrons. The van der Waals surface area contributed by atoms with Crippen LogP contribution in [0.2, 0.25) is 0 Å². The number of carbonyl (C=O) groups excluding carboxylic acids is 1. The number of ether oxygens (including phenoxy) is 1. The zero-order valence-electron chi connectivity index (χ0n) is 11.9. The second-order valence-corrected chi connectivity index (χ2v) is 5.52. The lowest BCUT2D eigenvalue weighted by Crippen LogP contribution is -2.06. The maximum Gasteiger partial charge on any atom is 0.341 e. The minimum atomic E-state index is -0.399. The third kappa shape index (κ3) is 3.52. The lowest BCUT2D eigenvalue weighted by Gasteiger charge is -2.09. The maximum atomic E-state index is 13.1. The van der Waals surface area contributed by atoms with Crippen molar-refractivity contribution in [3.8, 4) is 0 Å². The molecule has 6 heteroatoms. The van der Waals surface area contributed by atoms with Crippen LogP contribution in [-0.4, -0.2) is 12.6 Å². The molecular weight excluding hydrogens is 291 g/mol. The fraction of sp³-hybridized carbons (Fsp3) is 0.267. The average Bonchev–Trinajstić information content (AvgIpc) is 2.85. The van der Waals surface area contributed by atoms with E-state index in [1.54, 1.807) is 13.0 Å². The highest BCUT2D eigenvalue weighted by Crippen LogP contribution is 2.33. The summed E-state index contributed by atoms with van der Waals surface area (Å²) in [6, 6.07) is 5.91. The van der Waals surface area contributed by atoms with Crippen LogP contribution >= 0.6 is 11.3 Å². The number of rotatable bonds is 5. The first-order valence-electron chi connectivity index (χ1n) is 6.67. The summed E-state index contributed by atoms with van der Waals surface area (Å²) in [5.74, 6) is -0.777. The summed E-state index contributed by atoms with van der Waals surface area (Å²) in [5.41, 5.74) is 7.10. The molecule has 1 aromatic heterocycles. The minimum absolute atomic E-state index is 0.288. The van der Waals surface area contributed by atoms with Gasteiger partial charge in [-0.2, -0.15) is 0 Å². The molecule has 1 heterocycles. The Bertz CT molecular complexity index is 655. The topological polar surface area (TPSA) is 64.3 Å². The van der Waals surface area contributed by atoms with Crippen LogP contribution in [-0.2, 0) is 11.2 Å². The van der Waals surface area contributed by atoms with Crippen LogP contribution in [0.25, 0.3) is 0 Å². The van der Waals surface area contributed by atoms with Crippen LogP contribution in [0, 0.1) is 5.82 Å². The van der Waals surface area contributed by atoms with Crippen LogP contribution in [0.3, 0.4) is 0 Å². The maximum absolute atomic E-state index is 13.1. The predicted molar refractivity (Wildman–Crippen MR) is 83.7 cm³/mol. The van der Waals surface area contributed by atoms with Gasteiger partial charge in [-0.1, -0.05) is 6.92 Å². The zero-order valence-corrected chi connectivity index (χ0v) is 12.7. The number of benzene rings is 1. The lowest BCUT2D eigenvalue weighted by atomic mass is 10.2. The summed E-state index contributed by atoms with van der Waals surface area (Å²) in [7, 11) is 0. The number of nitrogens with two attached hydrogens (primary N) is 1. The van der Waals surface area contributed by atoms with Gasteiger partial charge in [-0.25, -0.2) is 9.18 Å². The number of aryl methyl sites for hydroxylation is 1. The number of nitrogens with one attached hydrogen (secondary N) is 1. The lowest BCUT2D eigenvalue weighted by molar-refractivity contribution is 0.0528. The Labute approximate surface area is 126 Å². The number of thiophene rings is 1. The Morgan fingerprint density at radius 3 is 2.76 bits per heavy atom. The van der Waals surface area contributed by atoms with Crippen molar-refractivity contribution in [3.05, 3.63) is 40.5 Å². The van der Waals surface area contributed by atoms with Gasteiger partial charge in [0, 0.05) is 4.88 Å². The van der Waals surface area contributed by atoms with Crippen molar-refractivity contribution < 1.29 is 13.9 Å². The van der Waals surface area contributed by atoms with Gasteiger partial charge in [0.25, 0.3) is 0 Å². The predicted octanol–water partition coefficient (Wildman–Crippen LogP) is 3.95. The highest BCUT2D eigenvalue weighted by atomic mass is 32.1. The van der Waals surface area contributed by atoms with Gasteiger partial charge in [-0.05, 0) is 37.6 Å². The van der Waals surface area contributed by atoms with Crippen molar-refractivity contribution in [2.75, 3.05) is 17.7 Å². The first kappa shape index (κ1) is 15.3. The molecule has 1 aromatic carbocycles. The van der Waals surface area contributed by atoms with Crippen molar-refractivity contribution in [1.82, 2.24) is 0 Å². The molecule has 21 heavy (non-hydrogen) atoms. The van der Waals surface area contributed by atoms with Crippen molar-refractivity contribution in [2.24, 2.45) is 0 Å². The first-order chi connectivity index (χ1) is 10.0. The molecule has 0 aliphatic carbocycles. The Balaban J connectivity index is 2.34. The van der Waals surface area contributed by atoms with Gasteiger partial charge in [0.05, 0.1) is 23.5 Å². The summed E-state index contributed by atoms with van der Waals surface area (Å²) in [6.07, 6.45) is 0.817. The molecule has 0 aliphatic heterocycles.